The van der Waals surface area contributed by atoms with Crippen LogP contribution in [0, 0.1) is 0 Å². The van der Waals surface area contributed by atoms with Gasteiger partial charge in [-0.25, -0.2) is 10.8 Å². The van der Waals surface area contributed by atoms with Gasteiger partial charge in [-0.15, -0.1) is 0 Å². The third-order valence-electron chi connectivity index (χ3n) is 3.13. The molecule has 0 aliphatic heterocycles. The molecule has 2 rings (SSSR count). The smallest absolute Gasteiger partial charge is 0.270 e. The van der Waals surface area contributed by atoms with Crippen molar-refractivity contribution in [3.8, 4) is 0 Å². The van der Waals surface area contributed by atoms with Gasteiger partial charge in [-0.1, -0.05) is 24.3 Å². The molecule has 0 aliphatic carbocycles. The zero-order valence-corrected chi connectivity index (χ0v) is 12.6. The van der Waals surface area contributed by atoms with Gasteiger partial charge in [0.15, 0.2) is 0 Å². The summed E-state index contributed by atoms with van der Waals surface area (Å²) in [6.07, 6.45) is 0. The van der Waals surface area contributed by atoms with Gasteiger partial charge in [0.05, 0.1) is 0 Å². The van der Waals surface area contributed by atoms with Crippen LogP contribution in [-0.4, -0.2) is 42.5 Å². The van der Waals surface area contributed by atoms with Crippen molar-refractivity contribution >= 4 is 22.5 Å². The van der Waals surface area contributed by atoms with Crippen molar-refractivity contribution in [2.75, 3.05) is 26.1 Å². The Kier molecular flexibility index (Phi) is 4.72. The maximum atomic E-state index is 12.3. The van der Waals surface area contributed by atoms with E-state index < -0.39 is 0 Å². The first kappa shape index (κ1) is 15.2. The van der Waals surface area contributed by atoms with E-state index >= 15 is 0 Å². The number of nitrogens with zero attached hydrogens (tertiary/aromatic N) is 2. The molecule has 0 saturated carbocycles. The molecular formula is C15H21N5O. The quantitative estimate of drug-likeness (QED) is 0.568. The van der Waals surface area contributed by atoms with Crippen LogP contribution in [0.2, 0.25) is 0 Å². The average Bonchev–Trinajstić information content (AvgIpc) is 2.44. The van der Waals surface area contributed by atoms with E-state index in [0.29, 0.717) is 11.5 Å². The molecule has 0 aliphatic rings. The van der Waals surface area contributed by atoms with Gasteiger partial charge in [-0.3, -0.25) is 4.79 Å². The van der Waals surface area contributed by atoms with Crippen molar-refractivity contribution in [2.24, 2.45) is 5.84 Å². The van der Waals surface area contributed by atoms with E-state index in [1.807, 2.05) is 50.2 Å². The van der Waals surface area contributed by atoms with Crippen molar-refractivity contribution in [1.82, 2.24) is 15.2 Å². The molecule has 1 unspecified atom stereocenters. The summed E-state index contributed by atoms with van der Waals surface area (Å²) in [6.45, 7) is 2.72. The summed E-state index contributed by atoms with van der Waals surface area (Å²) < 4.78 is 0. The van der Waals surface area contributed by atoms with Crippen molar-refractivity contribution in [1.29, 1.82) is 0 Å². The number of nitrogen functional groups attached to an aromatic ring is 1. The van der Waals surface area contributed by atoms with E-state index in [0.717, 1.165) is 17.3 Å². The van der Waals surface area contributed by atoms with Gasteiger partial charge >= 0.3 is 0 Å². The number of carbonyl (C=O) groups excluding carboxylic acids is 1. The molecule has 112 valence electrons. The number of anilines is 1. The molecule has 2 aromatic rings. The topological polar surface area (TPSA) is 83.3 Å². The van der Waals surface area contributed by atoms with Gasteiger partial charge in [0.25, 0.3) is 5.91 Å². The monoisotopic (exact) mass is 287 g/mol. The Hall–Kier alpha value is -2.18. The fourth-order valence-electron chi connectivity index (χ4n) is 2.32. The van der Waals surface area contributed by atoms with Crippen molar-refractivity contribution in [3.05, 3.63) is 36.0 Å². The summed E-state index contributed by atoms with van der Waals surface area (Å²) in [6, 6.07) is 9.47. The molecule has 0 spiro atoms. The Morgan fingerprint density at radius 1 is 1.38 bits per heavy atom. The number of benzene rings is 1. The number of carbonyl (C=O) groups is 1. The van der Waals surface area contributed by atoms with Crippen molar-refractivity contribution in [2.45, 2.75) is 13.0 Å². The summed E-state index contributed by atoms with van der Waals surface area (Å²) in [5.41, 5.74) is 2.91. The molecule has 1 heterocycles. The van der Waals surface area contributed by atoms with Crippen LogP contribution in [0.3, 0.4) is 0 Å². The Balaban J connectivity index is 2.27. The first-order valence-corrected chi connectivity index (χ1v) is 6.83. The highest BCUT2D eigenvalue weighted by atomic mass is 16.1. The fraction of sp³-hybridized carbons (Fsp3) is 0.333. The number of likely N-dealkylation sites (N-methyl/N-ethyl adjacent to an activating group) is 1. The first-order valence-electron chi connectivity index (χ1n) is 6.83. The number of aromatic nitrogens is 1. The van der Waals surface area contributed by atoms with Gasteiger partial charge in [-0.05, 0) is 32.5 Å². The summed E-state index contributed by atoms with van der Waals surface area (Å²) >= 11 is 0. The van der Waals surface area contributed by atoms with E-state index in [1.165, 1.54) is 0 Å². The Labute approximate surface area is 124 Å². The van der Waals surface area contributed by atoms with Crippen LogP contribution in [0.1, 0.15) is 17.4 Å². The minimum Gasteiger partial charge on any atom is -0.347 e. The average molecular weight is 287 g/mol. The summed E-state index contributed by atoms with van der Waals surface area (Å²) in [5.74, 6) is 5.80. The second kappa shape index (κ2) is 6.51. The normalized spacial score (nSPS) is 12.4. The zero-order chi connectivity index (χ0) is 15.4. The van der Waals surface area contributed by atoms with Gasteiger partial charge in [0.2, 0.25) is 0 Å². The Bertz CT molecular complexity index is 641. The molecule has 6 heteroatoms. The molecule has 1 atom stereocenters. The second-order valence-electron chi connectivity index (χ2n) is 5.36. The first-order chi connectivity index (χ1) is 10.0. The number of pyridine rings is 1. The van der Waals surface area contributed by atoms with Crippen LogP contribution in [0.15, 0.2) is 30.3 Å². The molecule has 0 saturated heterocycles. The number of rotatable bonds is 5. The fourth-order valence-corrected chi connectivity index (χ4v) is 2.32. The Morgan fingerprint density at radius 3 is 2.76 bits per heavy atom. The lowest BCUT2D eigenvalue weighted by Crippen LogP contribution is -2.39. The SMILES string of the molecule is CC(CN(C)C)NC(=O)c1cc2ccccc2c(NN)n1. The van der Waals surface area contributed by atoms with Gasteiger partial charge in [-0.2, -0.15) is 0 Å². The summed E-state index contributed by atoms with van der Waals surface area (Å²) in [5, 5.41) is 4.74. The number of hydrogen-bond acceptors (Lipinski definition) is 5. The maximum absolute atomic E-state index is 12.3. The Morgan fingerprint density at radius 2 is 2.10 bits per heavy atom. The number of nitrogens with two attached hydrogens (primary N) is 1. The largest absolute Gasteiger partial charge is 0.347 e. The number of nitrogens with one attached hydrogen (secondary N) is 2. The number of hydrogen-bond donors (Lipinski definition) is 3. The lowest BCUT2D eigenvalue weighted by Gasteiger charge is -2.18. The van der Waals surface area contributed by atoms with Gasteiger partial charge in [0.1, 0.15) is 11.5 Å². The van der Waals surface area contributed by atoms with Crippen LogP contribution in [0.25, 0.3) is 10.8 Å². The van der Waals surface area contributed by atoms with Crippen LogP contribution in [0.5, 0.6) is 0 Å². The number of hydrazine groups is 1. The van der Waals surface area contributed by atoms with E-state index in [-0.39, 0.29) is 11.9 Å². The van der Waals surface area contributed by atoms with Crippen molar-refractivity contribution in [3.63, 3.8) is 0 Å². The predicted molar refractivity (Wildman–Crippen MR) is 85.0 cm³/mol. The predicted octanol–water partition coefficient (Wildman–Crippen LogP) is 1.20. The minimum atomic E-state index is -0.202. The van der Waals surface area contributed by atoms with Crippen LogP contribution >= 0.6 is 0 Å². The highest BCUT2D eigenvalue weighted by Gasteiger charge is 2.14. The zero-order valence-electron chi connectivity index (χ0n) is 12.6. The molecule has 0 bridgehead atoms. The highest BCUT2D eigenvalue weighted by Crippen LogP contribution is 2.21. The van der Waals surface area contributed by atoms with Crippen LogP contribution in [-0.2, 0) is 0 Å². The number of fused-ring (bicyclic) bond motifs is 1. The molecule has 1 aromatic carbocycles. The lowest BCUT2D eigenvalue weighted by molar-refractivity contribution is 0.0929. The van der Waals surface area contributed by atoms with E-state index in [2.05, 4.69) is 15.7 Å². The third-order valence-corrected chi connectivity index (χ3v) is 3.13. The van der Waals surface area contributed by atoms with E-state index in [1.54, 1.807) is 6.07 Å². The lowest BCUT2D eigenvalue weighted by atomic mass is 10.1. The standard InChI is InChI=1S/C15H21N5O/c1-10(9-20(2)3)17-15(21)13-8-11-6-4-5-7-12(11)14(18-13)19-16/h4-8,10H,9,16H2,1-3H3,(H,17,21)(H,18,19). The van der Waals surface area contributed by atoms with E-state index in [4.69, 9.17) is 5.84 Å². The molecule has 1 aromatic heterocycles. The van der Waals surface area contributed by atoms with Gasteiger partial charge < -0.3 is 15.6 Å². The van der Waals surface area contributed by atoms with Crippen LogP contribution < -0.4 is 16.6 Å². The molecule has 0 fully saturated rings. The third kappa shape index (κ3) is 3.68. The highest BCUT2D eigenvalue weighted by molar-refractivity contribution is 6.00. The van der Waals surface area contributed by atoms with E-state index in [9.17, 15) is 4.79 Å². The molecule has 0 radical (unpaired) electrons. The molecule has 6 nitrogen and oxygen atoms in total. The molecule has 1 amide bonds. The second-order valence-corrected chi connectivity index (χ2v) is 5.36. The molecule has 4 N–H and O–H groups in total. The summed E-state index contributed by atoms with van der Waals surface area (Å²) in [4.78, 5) is 18.6. The summed E-state index contributed by atoms with van der Waals surface area (Å²) in [7, 11) is 3.93. The maximum Gasteiger partial charge on any atom is 0.270 e. The van der Waals surface area contributed by atoms with Crippen LogP contribution in [0.4, 0.5) is 5.82 Å². The molecule has 21 heavy (non-hydrogen) atoms. The van der Waals surface area contributed by atoms with Gasteiger partial charge in [0, 0.05) is 18.0 Å². The molecular weight excluding hydrogens is 266 g/mol. The minimum absolute atomic E-state index is 0.0371. The number of amides is 1. The van der Waals surface area contributed by atoms with Crippen molar-refractivity contribution < 1.29 is 4.79 Å².